The second-order valence-corrected chi connectivity index (χ2v) is 7.43. The van der Waals surface area contributed by atoms with E-state index in [1.54, 1.807) is 0 Å². The van der Waals surface area contributed by atoms with E-state index in [0.29, 0.717) is 17.9 Å². The largest absolute Gasteiger partial charge is 0.453 e. The Morgan fingerprint density at radius 3 is 2.62 bits per heavy atom. The van der Waals surface area contributed by atoms with Gasteiger partial charge in [-0.25, -0.2) is 0 Å². The van der Waals surface area contributed by atoms with Crippen molar-refractivity contribution < 1.29 is 9.53 Å². The molecule has 0 amide bonds. The Kier molecular flexibility index (Phi) is 4.90. The predicted octanol–water partition coefficient (Wildman–Crippen LogP) is 2.48. The molecule has 5 nitrogen and oxygen atoms in total. The minimum atomic E-state index is -1.26. The maximum Gasteiger partial charge on any atom is 0.303 e. The van der Waals surface area contributed by atoms with E-state index < -0.39 is 11.4 Å². The second-order valence-electron chi connectivity index (χ2n) is 7.43. The Labute approximate surface area is 154 Å². The van der Waals surface area contributed by atoms with Gasteiger partial charge >= 0.3 is 5.97 Å². The van der Waals surface area contributed by atoms with Gasteiger partial charge in [0.25, 0.3) is 0 Å². The topological polar surface area (TPSA) is 85.9 Å². The summed E-state index contributed by atoms with van der Waals surface area (Å²) in [7, 11) is 0. The van der Waals surface area contributed by atoms with Gasteiger partial charge < -0.3 is 10.1 Å². The van der Waals surface area contributed by atoms with E-state index in [-0.39, 0.29) is 25.0 Å². The summed E-state index contributed by atoms with van der Waals surface area (Å²) in [6, 6.07) is 5.02. The zero-order valence-corrected chi connectivity index (χ0v) is 15.2. The molecule has 2 fully saturated rings. The Bertz CT molecular complexity index is 788. The number of nitriles is 2. The molecule has 2 unspecified atom stereocenters. The van der Waals surface area contributed by atoms with Gasteiger partial charge in [0.2, 0.25) is 0 Å². The van der Waals surface area contributed by atoms with E-state index in [4.69, 9.17) is 4.74 Å². The maximum absolute atomic E-state index is 10.8. The van der Waals surface area contributed by atoms with Crippen LogP contribution in [0.15, 0.2) is 23.8 Å². The normalized spacial score (nSPS) is 31.8. The van der Waals surface area contributed by atoms with E-state index in [1.807, 2.05) is 0 Å². The number of hydrogen-bond acceptors (Lipinski definition) is 5. The molecule has 0 aromatic heterocycles. The molecule has 0 aromatic rings. The molecule has 1 saturated carbocycles. The van der Waals surface area contributed by atoms with Crippen LogP contribution in [0.2, 0.25) is 0 Å². The molecular formula is C21H23N3O2. The van der Waals surface area contributed by atoms with Gasteiger partial charge in [-0.3, -0.25) is 4.79 Å². The number of ether oxygens (including phenoxy) is 1. The summed E-state index contributed by atoms with van der Waals surface area (Å²) in [5, 5.41) is 23.4. The predicted molar refractivity (Wildman–Crippen MR) is 96.0 cm³/mol. The van der Waals surface area contributed by atoms with Gasteiger partial charge in [0, 0.05) is 31.3 Å². The van der Waals surface area contributed by atoms with Gasteiger partial charge in [0.05, 0.1) is 12.1 Å². The summed E-state index contributed by atoms with van der Waals surface area (Å²) >= 11 is 0. The number of rotatable bonds is 4. The van der Waals surface area contributed by atoms with Crippen molar-refractivity contribution >= 4 is 5.97 Å². The molecule has 134 valence electrons. The lowest BCUT2D eigenvalue weighted by atomic mass is 9.69. The van der Waals surface area contributed by atoms with Crippen molar-refractivity contribution in [1.29, 1.82) is 10.5 Å². The van der Waals surface area contributed by atoms with Crippen molar-refractivity contribution in [2.24, 2.45) is 23.2 Å². The zero-order chi connectivity index (χ0) is 18.9. The molecular weight excluding hydrogens is 326 g/mol. The summed E-state index contributed by atoms with van der Waals surface area (Å²) in [5.74, 6) is 6.10. The minimum Gasteiger partial charge on any atom is -0.453 e. The molecule has 3 rings (SSSR count). The minimum absolute atomic E-state index is 0.0198. The van der Waals surface area contributed by atoms with Gasteiger partial charge in [-0.1, -0.05) is 37.0 Å². The zero-order valence-electron chi connectivity index (χ0n) is 15.2. The van der Waals surface area contributed by atoms with Crippen LogP contribution in [-0.4, -0.2) is 24.7 Å². The van der Waals surface area contributed by atoms with Crippen LogP contribution in [0.5, 0.6) is 0 Å². The summed E-state index contributed by atoms with van der Waals surface area (Å²) in [5.41, 5.74) is 0.851. The van der Waals surface area contributed by atoms with Crippen molar-refractivity contribution in [1.82, 2.24) is 5.32 Å². The molecule has 0 radical (unpaired) electrons. The van der Waals surface area contributed by atoms with Gasteiger partial charge in [0.15, 0.2) is 12.0 Å². The van der Waals surface area contributed by atoms with Crippen molar-refractivity contribution in [3.8, 4) is 24.0 Å². The summed E-state index contributed by atoms with van der Waals surface area (Å²) < 4.78 is 4.80. The van der Waals surface area contributed by atoms with Gasteiger partial charge in [-0.15, -0.1) is 0 Å². The van der Waals surface area contributed by atoms with Gasteiger partial charge in [-0.2, -0.15) is 10.5 Å². The molecule has 2 aliphatic heterocycles. The lowest BCUT2D eigenvalue weighted by Crippen LogP contribution is -2.44. The number of nitrogens with zero attached hydrogens (tertiary/aromatic N) is 2. The summed E-state index contributed by atoms with van der Waals surface area (Å²) in [4.78, 5) is 10.8. The Balaban J connectivity index is 1.88. The maximum atomic E-state index is 10.8. The van der Waals surface area contributed by atoms with Crippen LogP contribution in [0.4, 0.5) is 0 Å². The fourth-order valence-electron chi connectivity index (χ4n) is 4.38. The fourth-order valence-corrected chi connectivity index (χ4v) is 4.38. The smallest absolute Gasteiger partial charge is 0.303 e. The summed E-state index contributed by atoms with van der Waals surface area (Å²) in [6.45, 7) is 7.62. The Morgan fingerprint density at radius 1 is 1.35 bits per heavy atom. The molecule has 2 bridgehead atoms. The molecule has 2 heterocycles. The molecule has 0 aromatic carbocycles. The standard InChI is InChI=1S/C21H23N3O2/c1-13-14(2)19(13)20-17(10-16-6-7-18(20)24-16)21(11-22,12-23)8-4-5-9-26-15(3)25/h10,14,16,18-20,24H,1,6-9H2,2-3H3/t14?,16-,18+,19?,20-/m1/s1. The highest BCUT2D eigenvalue weighted by molar-refractivity contribution is 5.66. The SMILES string of the molecule is C=C1C(C)C1[C@@H]1C(C(C#N)(C#N)CC#CCOC(C)=O)=C[C@H]2CC[C@@H]1N2. The van der Waals surface area contributed by atoms with Crippen molar-refractivity contribution in [3.63, 3.8) is 0 Å². The Morgan fingerprint density at radius 2 is 2.04 bits per heavy atom. The van der Waals surface area contributed by atoms with Crippen molar-refractivity contribution in [2.75, 3.05) is 6.61 Å². The monoisotopic (exact) mass is 349 g/mol. The van der Waals surface area contributed by atoms with Crippen molar-refractivity contribution in [3.05, 3.63) is 23.8 Å². The molecule has 0 spiro atoms. The second kappa shape index (κ2) is 6.99. The first-order valence-corrected chi connectivity index (χ1v) is 9.02. The number of carbonyl (C=O) groups excluding carboxylic acids is 1. The highest BCUT2D eigenvalue weighted by Gasteiger charge is 2.55. The molecule has 5 heteroatoms. The molecule has 3 aliphatic rings. The van der Waals surface area contributed by atoms with Crippen LogP contribution >= 0.6 is 0 Å². The van der Waals surface area contributed by atoms with Gasteiger partial charge in [-0.05, 0) is 30.3 Å². The van der Waals surface area contributed by atoms with Crippen LogP contribution in [-0.2, 0) is 9.53 Å². The number of carbonyl (C=O) groups is 1. The van der Waals surface area contributed by atoms with Crippen LogP contribution in [0.3, 0.4) is 0 Å². The number of esters is 1. The molecule has 1 N–H and O–H groups in total. The third-order valence-corrected chi connectivity index (χ3v) is 5.92. The number of nitrogens with one attached hydrogen (secondary N) is 1. The highest BCUT2D eigenvalue weighted by Crippen LogP contribution is 2.57. The fraction of sp³-hybridized carbons (Fsp3) is 0.571. The van der Waals surface area contributed by atoms with E-state index in [0.717, 1.165) is 18.4 Å². The van der Waals surface area contributed by atoms with Crippen LogP contribution < -0.4 is 5.32 Å². The van der Waals surface area contributed by atoms with Crippen LogP contribution in [0.25, 0.3) is 0 Å². The molecule has 1 saturated heterocycles. The lowest BCUT2D eigenvalue weighted by molar-refractivity contribution is -0.139. The van der Waals surface area contributed by atoms with Crippen LogP contribution in [0, 0.1) is 57.7 Å². The summed E-state index contributed by atoms with van der Waals surface area (Å²) in [6.07, 6.45) is 4.30. The third kappa shape index (κ3) is 3.14. The van der Waals surface area contributed by atoms with E-state index >= 15 is 0 Å². The van der Waals surface area contributed by atoms with Crippen molar-refractivity contribution in [2.45, 2.75) is 45.2 Å². The third-order valence-electron chi connectivity index (χ3n) is 5.92. The van der Waals surface area contributed by atoms with E-state index in [1.165, 1.54) is 12.5 Å². The first-order chi connectivity index (χ1) is 12.4. The molecule has 26 heavy (non-hydrogen) atoms. The number of fused-ring (bicyclic) bond motifs is 2. The van der Waals surface area contributed by atoms with E-state index in [2.05, 4.69) is 48.9 Å². The first-order valence-electron chi connectivity index (χ1n) is 9.02. The first kappa shape index (κ1) is 18.2. The molecule has 1 aliphatic carbocycles. The lowest BCUT2D eigenvalue weighted by Gasteiger charge is -2.36. The van der Waals surface area contributed by atoms with E-state index in [9.17, 15) is 15.3 Å². The van der Waals surface area contributed by atoms with Gasteiger partial charge in [0.1, 0.15) is 0 Å². The van der Waals surface area contributed by atoms with Crippen LogP contribution in [0.1, 0.15) is 33.1 Å². The average Bonchev–Trinajstić information content (AvgIpc) is 3.03. The molecule has 5 atom stereocenters. The Hall–Kier alpha value is -2.55. The number of allylic oxidation sites excluding steroid dienone is 1. The average molecular weight is 349 g/mol. The quantitative estimate of drug-likeness (QED) is 0.479. The highest BCUT2D eigenvalue weighted by atomic mass is 16.5. The number of hydrogen-bond donors (Lipinski definition) is 1.